The highest BCUT2D eigenvalue weighted by Gasteiger charge is 2.12. The van der Waals surface area contributed by atoms with Crippen molar-refractivity contribution in [2.24, 2.45) is 0 Å². The number of nitrogens with one attached hydrogen (secondary N) is 1. The number of anilines is 1. The van der Waals surface area contributed by atoms with Crippen LogP contribution in [0, 0.1) is 0 Å². The molecule has 0 saturated carbocycles. The minimum absolute atomic E-state index is 0.138. The first kappa shape index (κ1) is 17.5. The number of fused-ring (bicyclic) bond motifs is 1. The normalized spacial score (nSPS) is 10.9. The summed E-state index contributed by atoms with van der Waals surface area (Å²) in [6.07, 6.45) is 0.937. The summed E-state index contributed by atoms with van der Waals surface area (Å²) in [6.45, 7) is 2.11. The number of amides is 1. The Morgan fingerprint density at radius 3 is 2.52 bits per heavy atom. The SMILES string of the molecule is CCc1cc(Br)c2oc(-c3ccc(NC(=O)c4ccccc4)cc3)nc2c1. The van der Waals surface area contributed by atoms with E-state index in [-0.39, 0.29) is 5.91 Å². The minimum atomic E-state index is -0.138. The van der Waals surface area contributed by atoms with E-state index in [1.807, 2.05) is 48.5 Å². The average Bonchev–Trinajstić information content (AvgIpc) is 3.14. The average molecular weight is 421 g/mol. The summed E-state index contributed by atoms with van der Waals surface area (Å²) in [6, 6.07) is 20.7. The van der Waals surface area contributed by atoms with E-state index < -0.39 is 0 Å². The number of carbonyl (C=O) groups is 1. The maximum Gasteiger partial charge on any atom is 0.255 e. The van der Waals surface area contributed by atoms with Crippen molar-refractivity contribution in [3.05, 3.63) is 82.3 Å². The Labute approximate surface area is 165 Å². The van der Waals surface area contributed by atoms with Crippen molar-refractivity contribution in [1.29, 1.82) is 0 Å². The molecule has 3 aromatic carbocycles. The third-order valence-electron chi connectivity index (χ3n) is 4.34. The fraction of sp³-hybridized carbons (Fsp3) is 0.0909. The number of hydrogen-bond donors (Lipinski definition) is 1. The number of aromatic nitrogens is 1. The fourth-order valence-corrected chi connectivity index (χ4v) is 3.44. The molecule has 0 aliphatic heterocycles. The van der Waals surface area contributed by atoms with E-state index in [9.17, 15) is 4.79 Å². The van der Waals surface area contributed by atoms with Crippen molar-refractivity contribution in [3.8, 4) is 11.5 Å². The molecular weight excluding hydrogens is 404 g/mol. The van der Waals surface area contributed by atoms with Crippen LogP contribution in [0.15, 0.2) is 75.6 Å². The van der Waals surface area contributed by atoms with Crippen molar-refractivity contribution in [1.82, 2.24) is 4.98 Å². The summed E-state index contributed by atoms with van der Waals surface area (Å²) in [5.74, 6) is 0.418. The third-order valence-corrected chi connectivity index (χ3v) is 4.93. The molecule has 0 spiro atoms. The molecule has 0 aliphatic carbocycles. The smallest absolute Gasteiger partial charge is 0.255 e. The largest absolute Gasteiger partial charge is 0.435 e. The van der Waals surface area contributed by atoms with Gasteiger partial charge in [0, 0.05) is 16.8 Å². The topological polar surface area (TPSA) is 55.1 Å². The van der Waals surface area contributed by atoms with Crippen molar-refractivity contribution in [2.45, 2.75) is 13.3 Å². The highest BCUT2D eigenvalue weighted by atomic mass is 79.9. The molecule has 1 aromatic heterocycles. The van der Waals surface area contributed by atoms with Gasteiger partial charge in [-0.05, 0) is 76.4 Å². The number of aryl methyl sites for hydroxylation is 1. The zero-order chi connectivity index (χ0) is 18.8. The van der Waals surface area contributed by atoms with Crippen molar-refractivity contribution in [3.63, 3.8) is 0 Å². The van der Waals surface area contributed by atoms with Crippen LogP contribution in [0.3, 0.4) is 0 Å². The summed E-state index contributed by atoms with van der Waals surface area (Å²) in [5.41, 5.74) is 4.97. The lowest BCUT2D eigenvalue weighted by Crippen LogP contribution is -2.11. The van der Waals surface area contributed by atoms with Gasteiger partial charge < -0.3 is 9.73 Å². The molecule has 4 aromatic rings. The fourth-order valence-electron chi connectivity index (χ4n) is 2.86. The maximum atomic E-state index is 12.2. The molecule has 0 fully saturated rings. The molecule has 0 saturated heterocycles. The van der Waals surface area contributed by atoms with Crippen LogP contribution in [0.1, 0.15) is 22.8 Å². The molecule has 0 atom stereocenters. The Kier molecular flexibility index (Phi) is 4.77. The molecule has 0 unspecified atom stereocenters. The van der Waals surface area contributed by atoms with Crippen molar-refractivity contribution in [2.75, 3.05) is 5.32 Å². The van der Waals surface area contributed by atoms with E-state index in [2.05, 4.69) is 39.2 Å². The predicted molar refractivity (Wildman–Crippen MR) is 111 cm³/mol. The minimum Gasteiger partial charge on any atom is -0.435 e. The Morgan fingerprint density at radius 2 is 1.81 bits per heavy atom. The first-order valence-corrected chi connectivity index (χ1v) is 9.49. The molecule has 0 bridgehead atoms. The number of hydrogen-bond acceptors (Lipinski definition) is 3. The van der Waals surface area contributed by atoms with Crippen molar-refractivity contribution < 1.29 is 9.21 Å². The van der Waals surface area contributed by atoms with Gasteiger partial charge >= 0.3 is 0 Å². The highest BCUT2D eigenvalue weighted by Crippen LogP contribution is 2.31. The number of halogens is 1. The van der Waals surface area contributed by atoms with Crippen LogP contribution in [-0.4, -0.2) is 10.9 Å². The summed E-state index contributed by atoms with van der Waals surface area (Å²) in [5, 5.41) is 2.89. The number of carbonyl (C=O) groups excluding carboxylic acids is 1. The summed E-state index contributed by atoms with van der Waals surface area (Å²) < 4.78 is 6.83. The monoisotopic (exact) mass is 420 g/mol. The Hall–Kier alpha value is -2.92. The van der Waals surface area contributed by atoms with Gasteiger partial charge in [0.25, 0.3) is 5.91 Å². The lowest BCUT2D eigenvalue weighted by Gasteiger charge is -2.05. The molecule has 0 radical (unpaired) electrons. The lowest BCUT2D eigenvalue weighted by atomic mass is 10.1. The van der Waals surface area contributed by atoms with E-state index in [4.69, 9.17) is 4.42 Å². The number of benzene rings is 3. The predicted octanol–water partition coefficient (Wildman–Crippen LogP) is 6.07. The quantitative estimate of drug-likeness (QED) is 0.435. The molecule has 5 heteroatoms. The molecule has 4 rings (SSSR count). The van der Waals surface area contributed by atoms with Gasteiger partial charge in [-0.25, -0.2) is 4.98 Å². The van der Waals surface area contributed by atoms with E-state index >= 15 is 0 Å². The van der Waals surface area contributed by atoms with E-state index in [0.717, 1.165) is 33.2 Å². The van der Waals surface area contributed by atoms with Gasteiger partial charge in [0.2, 0.25) is 5.89 Å². The van der Waals surface area contributed by atoms with Crippen LogP contribution in [0.2, 0.25) is 0 Å². The second-order valence-electron chi connectivity index (χ2n) is 6.20. The Bertz CT molecular complexity index is 1100. The van der Waals surface area contributed by atoms with Gasteiger partial charge in [0.1, 0.15) is 5.52 Å². The standard InChI is InChI=1S/C22H17BrN2O2/c1-2-14-12-18(23)20-19(13-14)25-22(27-20)16-8-10-17(11-9-16)24-21(26)15-6-4-3-5-7-15/h3-13H,2H2,1H3,(H,24,26). The van der Waals surface area contributed by atoms with Crippen LogP contribution in [0.25, 0.3) is 22.6 Å². The number of oxazole rings is 1. The third kappa shape index (κ3) is 3.64. The van der Waals surface area contributed by atoms with Crippen LogP contribution in [0.4, 0.5) is 5.69 Å². The second kappa shape index (κ2) is 7.37. The molecule has 0 aliphatic rings. The van der Waals surface area contributed by atoms with Gasteiger partial charge in [-0.1, -0.05) is 25.1 Å². The summed E-state index contributed by atoms with van der Waals surface area (Å²) >= 11 is 3.55. The van der Waals surface area contributed by atoms with Crippen LogP contribution < -0.4 is 5.32 Å². The van der Waals surface area contributed by atoms with Crippen LogP contribution in [0.5, 0.6) is 0 Å². The van der Waals surface area contributed by atoms with Gasteiger partial charge in [-0.15, -0.1) is 0 Å². The Balaban J connectivity index is 1.58. The molecule has 4 nitrogen and oxygen atoms in total. The summed E-state index contributed by atoms with van der Waals surface area (Å²) in [4.78, 5) is 16.8. The molecule has 1 amide bonds. The van der Waals surface area contributed by atoms with E-state index in [0.29, 0.717) is 11.5 Å². The van der Waals surface area contributed by atoms with E-state index in [1.54, 1.807) is 12.1 Å². The first-order valence-electron chi connectivity index (χ1n) is 8.70. The maximum absolute atomic E-state index is 12.2. The molecular formula is C22H17BrN2O2. The van der Waals surface area contributed by atoms with Gasteiger partial charge in [-0.3, -0.25) is 4.79 Å². The molecule has 1 N–H and O–H groups in total. The van der Waals surface area contributed by atoms with Gasteiger partial charge in [0.15, 0.2) is 5.58 Å². The zero-order valence-electron chi connectivity index (χ0n) is 14.7. The van der Waals surface area contributed by atoms with Crippen LogP contribution >= 0.6 is 15.9 Å². The van der Waals surface area contributed by atoms with Gasteiger partial charge in [-0.2, -0.15) is 0 Å². The zero-order valence-corrected chi connectivity index (χ0v) is 16.3. The van der Waals surface area contributed by atoms with E-state index in [1.165, 1.54) is 5.56 Å². The number of nitrogens with zero attached hydrogens (tertiary/aromatic N) is 1. The lowest BCUT2D eigenvalue weighted by molar-refractivity contribution is 0.102. The molecule has 134 valence electrons. The first-order chi connectivity index (χ1) is 13.1. The molecule has 27 heavy (non-hydrogen) atoms. The Morgan fingerprint density at radius 1 is 1.07 bits per heavy atom. The van der Waals surface area contributed by atoms with Crippen LogP contribution in [-0.2, 0) is 6.42 Å². The highest BCUT2D eigenvalue weighted by molar-refractivity contribution is 9.10. The molecule has 1 heterocycles. The van der Waals surface area contributed by atoms with Gasteiger partial charge in [0.05, 0.1) is 4.47 Å². The second-order valence-corrected chi connectivity index (χ2v) is 7.05. The summed E-state index contributed by atoms with van der Waals surface area (Å²) in [7, 11) is 0. The number of rotatable bonds is 4. The van der Waals surface area contributed by atoms with Crippen molar-refractivity contribution >= 4 is 38.6 Å².